The number of nitrogens with one attached hydrogen (secondary N) is 1. The van der Waals surface area contributed by atoms with Crippen molar-refractivity contribution in [2.24, 2.45) is 11.3 Å². The van der Waals surface area contributed by atoms with E-state index in [1.54, 1.807) is 13.0 Å². The summed E-state index contributed by atoms with van der Waals surface area (Å²) in [6, 6.07) is 5.72. The molecule has 1 saturated carbocycles. The van der Waals surface area contributed by atoms with Gasteiger partial charge in [0.05, 0.1) is 4.92 Å². The third-order valence-electron chi connectivity index (χ3n) is 4.08. The zero-order valence-electron chi connectivity index (χ0n) is 12.1. The minimum absolute atomic E-state index is 0.186. The molecule has 0 saturated heterocycles. The Morgan fingerprint density at radius 2 is 2.05 bits per heavy atom. The van der Waals surface area contributed by atoms with E-state index in [-0.39, 0.29) is 10.6 Å². The van der Waals surface area contributed by atoms with Crippen LogP contribution in [0.3, 0.4) is 0 Å². The van der Waals surface area contributed by atoms with Gasteiger partial charge >= 0.3 is 0 Å². The summed E-state index contributed by atoms with van der Waals surface area (Å²) in [4.78, 5) is 10.5. The van der Waals surface area contributed by atoms with Crippen molar-refractivity contribution in [2.75, 3.05) is 5.32 Å². The van der Waals surface area contributed by atoms with Gasteiger partial charge in [0.1, 0.15) is 0 Å². The lowest BCUT2D eigenvalue weighted by Gasteiger charge is -2.20. The molecule has 0 heterocycles. The van der Waals surface area contributed by atoms with Crippen LogP contribution in [0.4, 0.5) is 11.4 Å². The maximum absolute atomic E-state index is 10.8. The summed E-state index contributed by atoms with van der Waals surface area (Å²) in [6.45, 7) is 8.65. The zero-order chi connectivity index (χ0) is 14.2. The highest BCUT2D eigenvalue weighted by Crippen LogP contribution is 2.42. The Kier molecular flexibility index (Phi) is 3.52. The first-order chi connectivity index (χ1) is 8.78. The van der Waals surface area contributed by atoms with Gasteiger partial charge in [-0.25, -0.2) is 0 Å². The van der Waals surface area contributed by atoms with Crippen molar-refractivity contribution in [3.05, 3.63) is 33.9 Å². The fourth-order valence-corrected chi connectivity index (χ4v) is 3.25. The number of rotatable bonds is 3. The van der Waals surface area contributed by atoms with Crippen LogP contribution in [0.25, 0.3) is 0 Å². The van der Waals surface area contributed by atoms with Gasteiger partial charge in [0.15, 0.2) is 0 Å². The summed E-state index contributed by atoms with van der Waals surface area (Å²) in [5.41, 5.74) is 2.26. The zero-order valence-corrected chi connectivity index (χ0v) is 12.1. The molecule has 0 amide bonds. The smallest absolute Gasteiger partial charge is 0.272 e. The molecular weight excluding hydrogens is 240 g/mol. The number of aryl methyl sites for hydroxylation is 1. The molecule has 0 aliphatic heterocycles. The molecule has 4 nitrogen and oxygen atoms in total. The van der Waals surface area contributed by atoms with Crippen LogP contribution in [0.1, 0.15) is 39.2 Å². The normalized spacial score (nSPS) is 25.3. The van der Waals surface area contributed by atoms with Gasteiger partial charge in [-0.3, -0.25) is 10.1 Å². The molecule has 1 aromatic rings. The molecule has 0 spiro atoms. The first kappa shape index (κ1) is 13.8. The number of nitro benzene ring substituents is 1. The Hall–Kier alpha value is -1.58. The van der Waals surface area contributed by atoms with Crippen molar-refractivity contribution in [1.29, 1.82) is 0 Å². The van der Waals surface area contributed by atoms with E-state index >= 15 is 0 Å². The van der Waals surface area contributed by atoms with Crippen molar-refractivity contribution in [3.8, 4) is 0 Å². The monoisotopic (exact) mass is 262 g/mol. The van der Waals surface area contributed by atoms with Crippen LogP contribution < -0.4 is 5.32 Å². The maximum atomic E-state index is 10.8. The average molecular weight is 262 g/mol. The Morgan fingerprint density at radius 3 is 2.53 bits per heavy atom. The van der Waals surface area contributed by atoms with E-state index in [9.17, 15) is 10.1 Å². The molecule has 2 unspecified atom stereocenters. The van der Waals surface area contributed by atoms with Crippen molar-refractivity contribution in [1.82, 2.24) is 0 Å². The highest BCUT2D eigenvalue weighted by atomic mass is 16.6. The average Bonchev–Trinajstić information content (AvgIpc) is 2.51. The predicted octanol–water partition coefficient (Wildman–Crippen LogP) is 4.14. The summed E-state index contributed by atoms with van der Waals surface area (Å²) in [5.74, 6) is 0.630. The van der Waals surface area contributed by atoms with Crippen LogP contribution in [-0.2, 0) is 0 Å². The van der Waals surface area contributed by atoms with Crippen molar-refractivity contribution >= 4 is 11.4 Å². The fourth-order valence-electron chi connectivity index (χ4n) is 3.25. The molecule has 2 rings (SSSR count). The molecule has 19 heavy (non-hydrogen) atoms. The van der Waals surface area contributed by atoms with Crippen molar-refractivity contribution in [3.63, 3.8) is 0 Å². The highest BCUT2D eigenvalue weighted by molar-refractivity contribution is 5.54. The lowest BCUT2D eigenvalue weighted by molar-refractivity contribution is -0.385. The molecule has 0 radical (unpaired) electrons. The number of anilines is 1. The van der Waals surface area contributed by atoms with Gasteiger partial charge in [-0.15, -0.1) is 0 Å². The highest BCUT2D eigenvalue weighted by Gasteiger charge is 2.36. The van der Waals surface area contributed by atoms with Crippen molar-refractivity contribution in [2.45, 2.75) is 46.6 Å². The topological polar surface area (TPSA) is 55.2 Å². The number of nitrogens with zero attached hydrogens (tertiary/aromatic N) is 1. The first-order valence-electron chi connectivity index (χ1n) is 6.80. The summed E-state index contributed by atoms with van der Waals surface area (Å²) in [5, 5.41) is 14.3. The lowest BCUT2D eigenvalue weighted by atomic mass is 9.91. The maximum Gasteiger partial charge on any atom is 0.272 e. The third-order valence-corrected chi connectivity index (χ3v) is 4.08. The minimum Gasteiger partial charge on any atom is -0.382 e. The van der Waals surface area contributed by atoms with Crippen LogP contribution >= 0.6 is 0 Å². The second kappa shape index (κ2) is 4.83. The van der Waals surface area contributed by atoms with Gasteiger partial charge < -0.3 is 5.32 Å². The summed E-state index contributed by atoms with van der Waals surface area (Å²) >= 11 is 0. The molecule has 0 aromatic heterocycles. The minimum atomic E-state index is -0.333. The largest absolute Gasteiger partial charge is 0.382 e. The van der Waals surface area contributed by atoms with Crippen LogP contribution in [-0.4, -0.2) is 11.0 Å². The third kappa shape index (κ3) is 3.06. The summed E-state index contributed by atoms with van der Waals surface area (Å²) < 4.78 is 0. The van der Waals surface area contributed by atoms with E-state index in [1.165, 1.54) is 6.42 Å². The first-order valence-corrected chi connectivity index (χ1v) is 6.80. The van der Waals surface area contributed by atoms with E-state index < -0.39 is 0 Å². The van der Waals surface area contributed by atoms with E-state index in [2.05, 4.69) is 26.1 Å². The molecule has 1 fully saturated rings. The number of hydrogen-bond donors (Lipinski definition) is 1. The number of benzene rings is 1. The van der Waals surface area contributed by atoms with Gasteiger partial charge in [-0.2, -0.15) is 0 Å². The van der Waals surface area contributed by atoms with Gasteiger partial charge in [0.25, 0.3) is 5.69 Å². The van der Waals surface area contributed by atoms with Gasteiger partial charge in [-0.1, -0.05) is 20.8 Å². The van der Waals surface area contributed by atoms with E-state index in [0.717, 1.165) is 12.1 Å². The van der Waals surface area contributed by atoms with Crippen LogP contribution in [0, 0.1) is 28.4 Å². The molecule has 1 aliphatic carbocycles. The quantitative estimate of drug-likeness (QED) is 0.658. The Labute approximate surface area is 114 Å². The fraction of sp³-hybridized carbons (Fsp3) is 0.600. The van der Waals surface area contributed by atoms with Crippen molar-refractivity contribution < 1.29 is 4.92 Å². The van der Waals surface area contributed by atoms with Crippen LogP contribution in [0.2, 0.25) is 0 Å². The Morgan fingerprint density at radius 1 is 1.37 bits per heavy atom. The Bertz CT molecular complexity index is 497. The molecule has 1 aliphatic rings. The lowest BCUT2D eigenvalue weighted by Crippen LogP contribution is -2.22. The molecular formula is C15H22N2O2. The molecule has 0 bridgehead atoms. The molecule has 1 aromatic carbocycles. The Balaban J connectivity index is 2.12. The second-order valence-electron chi connectivity index (χ2n) is 6.56. The molecule has 2 atom stereocenters. The molecule has 4 heteroatoms. The summed E-state index contributed by atoms with van der Waals surface area (Å²) in [7, 11) is 0. The number of hydrogen-bond acceptors (Lipinski definition) is 3. The van der Waals surface area contributed by atoms with Gasteiger partial charge in [0, 0.05) is 23.4 Å². The second-order valence-corrected chi connectivity index (χ2v) is 6.56. The molecule has 1 N–H and O–H groups in total. The SMILES string of the molecule is Cc1cc(NC2CC(C)(C)CC2C)ccc1[N+](=O)[O-]. The number of nitro groups is 1. The van der Waals surface area contributed by atoms with Gasteiger partial charge in [-0.05, 0) is 43.2 Å². The standard InChI is InChI=1S/C15H22N2O2/c1-10-7-12(5-6-14(10)17(18)19)16-13-9-15(3,4)8-11(13)2/h5-7,11,13,16H,8-9H2,1-4H3. The van der Waals surface area contributed by atoms with E-state index in [1.807, 2.05) is 12.1 Å². The van der Waals surface area contributed by atoms with E-state index in [0.29, 0.717) is 22.9 Å². The van der Waals surface area contributed by atoms with Crippen LogP contribution in [0.15, 0.2) is 18.2 Å². The predicted molar refractivity (Wildman–Crippen MR) is 77.4 cm³/mol. The van der Waals surface area contributed by atoms with E-state index in [4.69, 9.17) is 0 Å². The van der Waals surface area contributed by atoms with Gasteiger partial charge in [0.2, 0.25) is 0 Å². The summed E-state index contributed by atoms with van der Waals surface area (Å²) in [6.07, 6.45) is 2.36. The molecule has 104 valence electrons. The van der Waals surface area contributed by atoms with Crippen LogP contribution in [0.5, 0.6) is 0 Å².